The molecular formula is C18H21N3O2S. The number of hydrogen-bond acceptors (Lipinski definition) is 6. The van der Waals surface area contributed by atoms with Crippen molar-refractivity contribution in [3.05, 3.63) is 39.8 Å². The summed E-state index contributed by atoms with van der Waals surface area (Å²) in [5, 5.41) is 16.6. The maximum atomic E-state index is 10.4. The van der Waals surface area contributed by atoms with E-state index < -0.39 is 6.29 Å². The molecule has 1 unspecified atom stereocenters. The Morgan fingerprint density at radius 1 is 1.33 bits per heavy atom. The van der Waals surface area contributed by atoms with Gasteiger partial charge in [0.2, 0.25) is 6.29 Å². The maximum absolute atomic E-state index is 10.4. The van der Waals surface area contributed by atoms with E-state index in [9.17, 15) is 5.11 Å². The van der Waals surface area contributed by atoms with Crippen molar-refractivity contribution in [2.45, 2.75) is 19.6 Å². The first-order chi connectivity index (χ1) is 11.7. The highest BCUT2D eigenvalue weighted by Crippen LogP contribution is 2.36. The first-order valence-electron chi connectivity index (χ1n) is 8.29. The molecule has 2 N–H and O–H groups in total. The standard InChI is InChI=1S/C18H21N3O2S/c1-12-11-24-17(20-12)15-9-13-3-4-14(10-16(13)23-18(15)22)21-7-2-5-19-6-8-21/h3-4,9-11,18-19,22H,2,5-8H2,1H3. The van der Waals surface area contributed by atoms with Crippen LogP contribution in [0.2, 0.25) is 0 Å². The summed E-state index contributed by atoms with van der Waals surface area (Å²) in [5.41, 5.74) is 3.82. The summed E-state index contributed by atoms with van der Waals surface area (Å²) in [5.74, 6) is 0.731. The topological polar surface area (TPSA) is 57.6 Å². The number of fused-ring (bicyclic) bond motifs is 1. The Hall–Kier alpha value is -1.89. The molecule has 1 atom stereocenters. The number of ether oxygens (including phenoxy) is 1. The fraction of sp³-hybridized carbons (Fsp3) is 0.389. The van der Waals surface area contributed by atoms with E-state index in [2.05, 4.69) is 27.3 Å². The van der Waals surface area contributed by atoms with Crippen LogP contribution in [-0.2, 0) is 0 Å². The summed E-state index contributed by atoms with van der Waals surface area (Å²) in [4.78, 5) is 6.81. The van der Waals surface area contributed by atoms with Gasteiger partial charge in [0.15, 0.2) is 0 Å². The fourth-order valence-electron chi connectivity index (χ4n) is 3.12. The average Bonchev–Trinajstić information content (AvgIpc) is 2.84. The summed E-state index contributed by atoms with van der Waals surface area (Å²) >= 11 is 1.53. The normalized spacial score (nSPS) is 20.8. The third-order valence-electron chi connectivity index (χ3n) is 4.38. The number of aliphatic hydroxyl groups is 1. The van der Waals surface area contributed by atoms with Gasteiger partial charge in [-0.05, 0) is 38.1 Å². The van der Waals surface area contributed by atoms with Gasteiger partial charge >= 0.3 is 0 Å². The van der Waals surface area contributed by atoms with Gasteiger partial charge in [-0.25, -0.2) is 4.98 Å². The Bertz CT molecular complexity index is 763. The van der Waals surface area contributed by atoms with Crippen LogP contribution in [-0.4, -0.2) is 42.6 Å². The van der Waals surface area contributed by atoms with Crippen molar-refractivity contribution >= 4 is 28.7 Å². The van der Waals surface area contributed by atoms with Crippen molar-refractivity contribution < 1.29 is 9.84 Å². The molecule has 2 aromatic rings. The first-order valence-corrected chi connectivity index (χ1v) is 9.17. The van der Waals surface area contributed by atoms with Gasteiger partial charge in [-0.1, -0.05) is 0 Å². The van der Waals surface area contributed by atoms with Gasteiger partial charge in [0.1, 0.15) is 10.8 Å². The highest BCUT2D eigenvalue weighted by molar-refractivity contribution is 7.10. The van der Waals surface area contributed by atoms with Crippen LogP contribution in [0.4, 0.5) is 5.69 Å². The number of aromatic nitrogens is 1. The van der Waals surface area contributed by atoms with Crippen molar-refractivity contribution in [1.82, 2.24) is 10.3 Å². The molecule has 0 aliphatic carbocycles. The van der Waals surface area contributed by atoms with Crippen molar-refractivity contribution in [3.63, 3.8) is 0 Å². The summed E-state index contributed by atoms with van der Waals surface area (Å²) in [6.07, 6.45) is 2.15. The van der Waals surface area contributed by atoms with Crippen LogP contribution in [0.3, 0.4) is 0 Å². The third-order valence-corrected chi connectivity index (χ3v) is 5.39. The minimum absolute atomic E-state index is 0.729. The molecule has 0 amide bonds. The molecule has 4 rings (SSSR count). The predicted molar refractivity (Wildman–Crippen MR) is 97.5 cm³/mol. The number of aryl methyl sites for hydroxylation is 1. The molecule has 2 aliphatic rings. The van der Waals surface area contributed by atoms with Crippen LogP contribution in [0, 0.1) is 6.92 Å². The highest BCUT2D eigenvalue weighted by Gasteiger charge is 2.24. The zero-order valence-electron chi connectivity index (χ0n) is 13.7. The molecule has 3 heterocycles. The van der Waals surface area contributed by atoms with Crippen LogP contribution in [0.5, 0.6) is 5.75 Å². The lowest BCUT2D eigenvalue weighted by molar-refractivity contribution is 0.0320. The van der Waals surface area contributed by atoms with E-state index in [1.807, 2.05) is 24.4 Å². The van der Waals surface area contributed by atoms with E-state index in [1.165, 1.54) is 11.3 Å². The monoisotopic (exact) mass is 343 g/mol. The lowest BCUT2D eigenvalue weighted by Crippen LogP contribution is -2.28. The molecule has 0 radical (unpaired) electrons. The van der Waals surface area contributed by atoms with Crippen LogP contribution in [0.15, 0.2) is 23.6 Å². The number of anilines is 1. The van der Waals surface area contributed by atoms with E-state index in [4.69, 9.17) is 4.74 Å². The van der Waals surface area contributed by atoms with Gasteiger partial charge in [-0.3, -0.25) is 0 Å². The van der Waals surface area contributed by atoms with Gasteiger partial charge in [0, 0.05) is 48.0 Å². The number of aliphatic hydroxyl groups excluding tert-OH is 1. The van der Waals surface area contributed by atoms with E-state index in [0.29, 0.717) is 0 Å². The van der Waals surface area contributed by atoms with E-state index >= 15 is 0 Å². The predicted octanol–water partition coefficient (Wildman–Crippen LogP) is 2.50. The molecule has 2 aliphatic heterocycles. The number of nitrogens with one attached hydrogen (secondary N) is 1. The van der Waals surface area contributed by atoms with Crippen molar-refractivity contribution in [3.8, 4) is 5.75 Å². The molecule has 0 saturated carbocycles. The molecule has 5 nitrogen and oxygen atoms in total. The average molecular weight is 343 g/mol. The number of rotatable bonds is 2. The highest BCUT2D eigenvalue weighted by atomic mass is 32.1. The van der Waals surface area contributed by atoms with Gasteiger partial charge in [-0.2, -0.15) is 0 Å². The smallest absolute Gasteiger partial charge is 0.227 e. The lowest BCUT2D eigenvalue weighted by atomic mass is 10.1. The third kappa shape index (κ3) is 3.05. The van der Waals surface area contributed by atoms with Crippen molar-refractivity contribution in [2.24, 2.45) is 0 Å². The molecule has 126 valence electrons. The molecule has 0 spiro atoms. The fourth-order valence-corrected chi connectivity index (χ4v) is 3.95. The number of benzene rings is 1. The van der Waals surface area contributed by atoms with Gasteiger partial charge < -0.3 is 20.1 Å². The van der Waals surface area contributed by atoms with Gasteiger partial charge in [0.25, 0.3) is 0 Å². The lowest BCUT2D eigenvalue weighted by Gasteiger charge is -2.26. The van der Waals surface area contributed by atoms with E-state index in [-0.39, 0.29) is 0 Å². The second-order valence-corrected chi connectivity index (χ2v) is 7.03. The number of nitrogens with zero attached hydrogens (tertiary/aromatic N) is 2. The summed E-state index contributed by atoms with van der Waals surface area (Å²) in [6.45, 7) is 6.03. The van der Waals surface area contributed by atoms with Crippen LogP contribution < -0.4 is 15.0 Å². The molecule has 1 aromatic heterocycles. The molecule has 24 heavy (non-hydrogen) atoms. The van der Waals surface area contributed by atoms with Crippen LogP contribution >= 0.6 is 11.3 Å². The van der Waals surface area contributed by atoms with Gasteiger partial charge in [0.05, 0.1) is 5.57 Å². The summed E-state index contributed by atoms with van der Waals surface area (Å²) in [7, 11) is 0. The Morgan fingerprint density at radius 2 is 2.25 bits per heavy atom. The zero-order chi connectivity index (χ0) is 16.5. The Kier molecular flexibility index (Phi) is 4.26. The first kappa shape index (κ1) is 15.6. The van der Waals surface area contributed by atoms with Crippen molar-refractivity contribution in [2.75, 3.05) is 31.1 Å². The largest absolute Gasteiger partial charge is 0.460 e. The van der Waals surface area contributed by atoms with Crippen LogP contribution in [0.25, 0.3) is 11.6 Å². The molecule has 0 bridgehead atoms. The number of hydrogen-bond donors (Lipinski definition) is 2. The SMILES string of the molecule is Cc1csc(C2=Cc3ccc(N4CCCNCC4)cc3OC2O)n1. The Balaban J connectivity index is 1.64. The second-order valence-electron chi connectivity index (χ2n) is 6.18. The zero-order valence-corrected chi connectivity index (χ0v) is 14.5. The Labute approximate surface area is 145 Å². The minimum Gasteiger partial charge on any atom is -0.460 e. The minimum atomic E-state index is -0.968. The quantitative estimate of drug-likeness (QED) is 0.877. The summed E-state index contributed by atoms with van der Waals surface area (Å²) < 4.78 is 5.78. The molecule has 1 saturated heterocycles. The van der Waals surface area contributed by atoms with Gasteiger partial charge in [-0.15, -0.1) is 11.3 Å². The molecule has 1 aromatic carbocycles. The molecule has 6 heteroatoms. The van der Waals surface area contributed by atoms with E-state index in [1.54, 1.807) is 0 Å². The van der Waals surface area contributed by atoms with Crippen LogP contribution in [0.1, 0.15) is 22.7 Å². The second kappa shape index (κ2) is 6.55. The van der Waals surface area contributed by atoms with E-state index in [0.717, 1.165) is 65.9 Å². The molecule has 1 fully saturated rings. The van der Waals surface area contributed by atoms with Crippen molar-refractivity contribution in [1.29, 1.82) is 0 Å². The summed E-state index contributed by atoms with van der Waals surface area (Å²) in [6, 6.07) is 6.23. The number of thiazole rings is 1. The molecular weight excluding hydrogens is 322 g/mol. The maximum Gasteiger partial charge on any atom is 0.227 e. The Morgan fingerprint density at radius 3 is 3.08 bits per heavy atom.